The number of carbonyl (C=O) groups is 1. The Balaban J connectivity index is 1.55. The lowest BCUT2D eigenvalue weighted by molar-refractivity contribution is -0.140. The molecular formula is C35H33Cl2F4N5O3. The van der Waals surface area contributed by atoms with Crippen LogP contribution in [0.25, 0.3) is 22.4 Å². The Morgan fingerprint density at radius 2 is 1.61 bits per heavy atom. The van der Waals surface area contributed by atoms with E-state index in [1.807, 2.05) is 23.1 Å². The molecule has 1 aromatic heterocycles. The Hall–Kier alpha value is -4.20. The third kappa shape index (κ3) is 8.70. The zero-order valence-electron chi connectivity index (χ0n) is 26.0. The van der Waals surface area contributed by atoms with Crippen molar-refractivity contribution in [3.05, 3.63) is 117 Å². The van der Waals surface area contributed by atoms with Crippen LogP contribution in [0.3, 0.4) is 0 Å². The molecule has 4 aromatic carbocycles. The van der Waals surface area contributed by atoms with Crippen molar-refractivity contribution in [3.63, 3.8) is 0 Å². The third-order valence-corrected chi connectivity index (χ3v) is 8.77. The molecule has 0 aliphatic heterocycles. The van der Waals surface area contributed by atoms with E-state index >= 15 is 0 Å². The molecule has 0 aliphatic carbocycles. The number of aliphatic hydroxyl groups is 2. The molecule has 0 saturated carbocycles. The van der Waals surface area contributed by atoms with Crippen LogP contribution >= 0.6 is 23.2 Å². The molecule has 8 nitrogen and oxygen atoms in total. The lowest BCUT2D eigenvalue weighted by Crippen LogP contribution is -2.29. The predicted octanol–water partition coefficient (Wildman–Crippen LogP) is 6.71. The summed E-state index contributed by atoms with van der Waals surface area (Å²) in [6, 6.07) is 20.1. The molecule has 0 fully saturated rings. The highest BCUT2D eigenvalue weighted by Gasteiger charge is 2.34. The van der Waals surface area contributed by atoms with Crippen molar-refractivity contribution in [3.8, 4) is 11.4 Å². The number of anilines is 1. The number of benzene rings is 4. The van der Waals surface area contributed by atoms with Crippen LogP contribution in [-0.2, 0) is 24.1 Å². The van der Waals surface area contributed by atoms with E-state index in [0.29, 0.717) is 63.2 Å². The molecule has 1 heterocycles. The number of nitrogens with zero attached hydrogens (tertiary/aromatic N) is 3. The molecule has 258 valence electrons. The standard InChI is InChI=1S/C35H33Cl2F4N5O3/c36-27-9-2-21(15-28(27)37)19-43-30(18-33(42)49)24-5-10-32-31(17-24)44-34(23-3-6-25(7-4-23)45(11-13-47)12-14-48)46(32)20-22-1-8-26(29(38)16-22)35(39,40)41/h1-10,15-17,30,43,47-48H,11-14,18-20H2,(H2,42,49). The summed E-state index contributed by atoms with van der Waals surface area (Å²) in [5.41, 5.74) is 8.64. The number of primary amides is 1. The molecule has 1 atom stereocenters. The Morgan fingerprint density at radius 1 is 0.918 bits per heavy atom. The lowest BCUT2D eigenvalue weighted by atomic mass is 10.0. The molecule has 0 saturated heterocycles. The van der Waals surface area contributed by atoms with Crippen molar-refractivity contribution in [2.75, 3.05) is 31.2 Å². The molecule has 14 heteroatoms. The number of halogens is 6. The van der Waals surface area contributed by atoms with Gasteiger partial charge in [0.2, 0.25) is 5.91 Å². The zero-order valence-corrected chi connectivity index (χ0v) is 27.5. The maximum absolute atomic E-state index is 14.6. The molecule has 5 rings (SSSR count). The molecule has 0 aliphatic rings. The second kappa shape index (κ2) is 15.6. The molecule has 49 heavy (non-hydrogen) atoms. The fourth-order valence-electron chi connectivity index (χ4n) is 5.65. The predicted molar refractivity (Wildman–Crippen MR) is 182 cm³/mol. The lowest BCUT2D eigenvalue weighted by Gasteiger charge is -2.23. The van der Waals surface area contributed by atoms with Crippen molar-refractivity contribution in [1.82, 2.24) is 14.9 Å². The fourth-order valence-corrected chi connectivity index (χ4v) is 5.97. The zero-order chi connectivity index (χ0) is 35.3. The van der Waals surface area contributed by atoms with Gasteiger partial charge in [0, 0.05) is 49.9 Å². The number of rotatable bonds is 14. The quantitative estimate of drug-likeness (QED) is 0.0949. The second-order valence-electron chi connectivity index (χ2n) is 11.4. The van der Waals surface area contributed by atoms with E-state index in [2.05, 4.69) is 5.32 Å². The monoisotopic (exact) mass is 717 g/mol. The molecule has 1 amide bonds. The van der Waals surface area contributed by atoms with Crippen LogP contribution in [0.4, 0.5) is 23.2 Å². The Labute approximate surface area is 289 Å². The number of hydrogen-bond acceptors (Lipinski definition) is 6. The highest BCUT2D eigenvalue weighted by molar-refractivity contribution is 6.42. The first-order valence-corrected chi connectivity index (χ1v) is 16.0. The van der Waals surface area contributed by atoms with Gasteiger partial charge in [0.15, 0.2) is 0 Å². The summed E-state index contributed by atoms with van der Waals surface area (Å²) >= 11 is 12.2. The smallest absolute Gasteiger partial charge is 0.395 e. The average Bonchev–Trinajstić information content (AvgIpc) is 3.41. The van der Waals surface area contributed by atoms with Crippen molar-refractivity contribution in [1.29, 1.82) is 0 Å². The van der Waals surface area contributed by atoms with Gasteiger partial charge in [-0.25, -0.2) is 9.37 Å². The molecule has 1 unspecified atom stereocenters. The van der Waals surface area contributed by atoms with Crippen LogP contribution in [0, 0.1) is 5.82 Å². The van der Waals surface area contributed by atoms with Crippen LogP contribution in [0.5, 0.6) is 0 Å². The Morgan fingerprint density at radius 3 is 2.22 bits per heavy atom. The van der Waals surface area contributed by atoms with Crippen LogP contribution in [0.2, 0.25) is 10.0 Å². The molecule has 0 spiro atoms. The van der Waals surface area contributed by atoms with E-state index in [0.717, 1.165) is 23.4 Å². The SMILES string of the molecule is NC(=O)CC(NCc1ccc(Cl)c(Cl)c1)c1ccc2c(c1)nc(-c1ccc(N(CCO)CCO)cc1)n2Cc1ccc(C(F)(F)F)c(F)c1. The van der Waals surface area contributed by atoms with Crippen molar-refractivity contribution >= 4 is 45.8 Å². The summed E-state index contributed by atoms with van der Waals surface area (Å²) in [6.07, 6.45) is -4.85. The highest BCUT2D eigenvalue weighted by Crippen LogP contribution is 2.34. The van der Waals surface area contributed by atoms with Gasteiger partial charge in [-0.15, -0.1) is 0 Å². The van der Waals surface area contributed by atoms with Gasteiger partial charge in [0.05, 0.1) is 39.9 Å². The summed E-state index contributed by atoms with van der Waals surface area (Å²) < 4.78 is 56.2. The largest absolute Gasteiger partial charge is 0.419 e. The number of nitrogens with two attached hydrogens (primary N) is 1. The maximum Gasteiger partial charge on any atom is 0.419 e. The van der Waals surface area contributed by atoms with Crippen LogP contribution in [0.1, 0.15) is 34.7 Å². The number of fused-ring (bicyclic) bond motifs is 1. The van der Waals surface area contributed by atoms with Gasteiger partial charge >= 0.3 is 6.18 Å². The minimum Gasteiger partial charge on any atom is -0.395 e. The van der Waals surface area contributed by atoms with Crippen LogP contribution in [-0.4, -0.2) is 52.0 Å². The van der Waals surface area contributed by atoms with Crippen LogP contribution in [0.15, 0.2) is 78.9 Å². The Bertz CT molecular complexity index is 1930. The maximum atomic E-state index is 14.6. The Kier molecular flexibility index (Phi) is 11.5. The van der Waals surface area contributed by atoms with E-state index < -0.39 is 29.5 Å². The minimum absolute atomic E-state index is 0.00340. The van der Waals surface area contributed by atoms with Gasteiger partial charge in [-0.05, 0) is 77.4 Å². The topological polar surface area (TPSA) is 117 Å². The van der Waals surface area contributed by atoms with Crippen molar-refractivity contribution in [2.45, 2.75) is 31.7 Å². The highest BCUT2D eigenvalue weighted by atomic mass is 35.5. The van der Waals surface area contributed by atoms with E-state index in [-0.39, 0.29) is 26.2 Å². The molecule has 0 radical (unpaired) electrons. The molecule has 0 bridgehead atoms. The van der Waals surface area contributed by atoms with Gasteiger partial charge in [0.1, 0.15) is 11.6 Å². The average molecular weight is 719 g/mol. The number of amides is 1. The summed E-state index contributed by atoms with van der Waals surface area (Å²) in [5, 5.41) is 23.0. The van der Waals surface area contributed by atoms with Gasteiger partial charge in [-0.2, -0.15) is 13.2 Å². The van der Waals surface area contributed by atoms with E-state index in [1.54, 1.807) is 47.0 Å². The third-order valence-electron chi connectivity index (χ3n) is 8.03. The van der Waals surface area contributed by atoms with Gasteiger partial charge in [-0.1, -0.05) is 41.4 Å². The number of nitrogens with one attached hydrogen (secondary N) is 1. The van der Waals surface area contributed by atoms with E-state index in [1.165, 1.54) is 6.07 Å². The van der Waals surface area contributed by atoms with Crippen molar-refractivity contribution < 1.29 is 32.6 Å². The number of imidazole rings is 1. The number of aliphatic hydroxyl groups excluding tert-OH is 2. The first-order chi connectivity index (χ1) is 23.4. The summed E-state index contributed by atoms with van der Waals surface area (Å²) in [6.45, 7) is 0.759. The van der Waals surface area contributed by atoms with E-state index in [9.17, 15) is 32.6 Å². The van der Waals surface area contributed by atoms with Gasteiger partial charge < -0.3 is 30.7 Å². The van der Waals surface area contributed by atoms with E-state index in [4.69, 9.17) is 33.9 Å². The first kappa shape index (κ1) is 36.1. The molecule has 5 N–H and O–H groups in total. The van der Waals surface area contributed by atoms with Gasteiger partial charge in [0.25, 0.3) is 0 Å². The number of hydrogen-bond donors (Lipinski definition) is 4. The van der Waals surface area contributed by atoms with Gasteiger partial charge in [-0.3, -0.25) is 4.79 Å². The summed E-state index contributed by atoms with van der Waals surface area (Å²) in [4.78, 5) is 18.8. The normalized spacial score (nSPS) is 12.4. The molecular weight excluding hydrogens is 685 g/mol. The minimum atomic E-state index is -4.83. The first-order valence-electron chi connectivity index (χ1n) is 15.3. The number of carbonyl (C=O) groups excluding carboxylic acids is 1. The number of aromatic nitrogens is 2. The fraction of sp³-hybridized carbons (Fsp3) is 0.257. The molecule has 5 aromatic rings. The van der Waals surface area contributed by atoms with Crippen molar-refractivity contribution in [2.24, 2.45) is 5.73 Å². The number of alkyl halides is 3. The summed E-state index contributed by atoms with van der Waals surface area (Å²) in [5.74, 6) is -1.44. The summed E-state index contributed by atoms with van der Waals surface area (Å²) in [7, 11) is 0. The van der Waals surface area contributed by atoms with Crippen LogP contribution < -0.4 is 16.0 Å². The second-order valence-corrected chi connectivity index (χ2v) is 12.2.